The van der Waals surface area contributed by atoms with Gasteiger partial charge in [-0.05, 0) is 17.7 Å². The summed E-state index contributed by atoms with van der Waals surface area (Å²) in [5.74, 6) is 0.849. The molecule has 4 nitrogen and oxygen atoms in total. The number of nitriles is 1. The Balaban J connectivity index is 2.04. The number of allylic oxidation sites excluding steroid dienone is 1. The molecule has 1 aromatic heterocycles. The van der Waals surface area contributed by atoms with Gasteiger partial charge in [0.15, 0.2) is 0 Å². The molecule has 0 N–H and O–H groups in total. The van der Waals surface area contributed by atoms with E-state index in [1.54, 1.807) is 18.3 Å². The van der Waals surface area contributed by atoms with Crippen LogP contribution in [-0.4, -0.2) is 28.8 Å². The van der Waals surface area contributed by atoms with Crippen molar-refractivity contribution in [3.05, 3.63) is 41.2 Å². The lowest BCUT2D eigenvalue weighted by Gasteiger charge is -2.17. The maximum atomic E-state index is 8.50. The van der Waals surface area contributed by atoms with Gasteiger partial charge < -0.3 is 4.90 Å². The second-order valence-corrected chi connectivity index (χ2v) is 4.00. The Labute approximate surface area is 105 Å². The van der Waals surface area contributed by atoms with Crippen LogP contribution < -0.4 is 0 Å². The third-order valence-electron chi connectivity index (χ3n) is 2.44. The highest BCUT2D eigenvalue weighted by atomic mass is 35.5. The first kappa shape index (κ1) is 11.6. The summed E-state index contributed by atoms with van der Waals surface area (Å²) in [7, 11) is 0. The molecule has 0 saturated carbocycles. The van der Waals surface area contributed by atoms with E-state index in [0.717, 1.165) is 31.0 Å². The summed E-state index contributed by atoms with van der Waals surface area (Å²) >= 11 is 5.73. The first-order chi connectivity index (χ1) is 8.29. The fourth-order valence-corrected chi connectivity index (χ4v) is 1.76. The van der Waals surface area contributed by atoms with Crippen molar-refractivity contribution in [2.45, 2.75) is 6.54 Å². The summed E-state index contributed by atoms with van der Waals surface area (Å²) in [4.78, 5) is 10.5. The van der Waals surface area contributed by atoms with Crippen LogP contribution >= 0.6 is 11.6 Å². The molecule has 1 aliphatic heterocycles. The molecule has 0 amide bonds. The molecule has 2 heterocycles. The molecule has 0 unspecified atom stereocenters. The zero-order valence-electron chi connectivity index (χ0n) is 9.17. The highest BCUT2D eigenvalue weighted by Crippen LogP contribution is 2.11. The van der Waals surface area contributed by atoms with Gasteiger partial charge in [0.2, 0.25) is 0 Å². The standard InChI is InChI=1S/C12H11ClN4/c13-11-4-3-10(8-16-11)9-17-7-6-15-12(17)2-1-5-14/h1-4,8H,6-7,9H2/b2-1+. The van der Waals surface area contributed by atoms with Gasteiger partial charge in [-0.25, -0.2) is 4.98 Å². The van der Waals surface area contributed by atoms with Gasteiger partial charge in [-0.15, -0.1) is 0 Å². The molecule has 0 saturated heterocycles. The topological polar surface area (TPSA) is 52.3 Å². The molecule has 0 aromatic carbocycles. The molecule has 0 spiro atoms. The average molecular weight is 247 g/mol. The van der Waals surface area contributed by atoms with Gasteiger partial charge >= 0.3 is 0 Å². The van der Waals surface area contributed by atoms with E-state index in [1.807, 2.05) is 12.1 Å². The number of nitrogens with zero attached hydrogens (tertiary/aromatic N) is 4. The zero-order chi connectivity index (χ0) is 12.1. The van der Waals surface area contributed by atoms with Crippen LogP contribution in [0.4, 0.5) is 0 Å². The fraction of sp³-hybridized carbons (Fsp3) is 0.250. The molecular formula is C12H11ClN4. The summed E-state index contributed by atoms with van der Waals surface area (Å²) in [5.41, 5.74) is 1.08. The van der Waals surface area contributed by atoms with Crippen LogP contribution in [-0.2, 0) is 6.54 Å². The van der Waals surface area contributed by atoms with Gasteiger partial charge in [-0.3, -0.25) is 4.99 Å². The Morgan fingerprint density at radius 2 is 2.41 bits per heavy atom. The average Bonchev–Trinajstić information content (AvgIpc) is 2.77. The molecule has 0 bridgehead atoms. The zero-order valence-corrected chi connectivity index (χ0v) is 9.93. The molecule has 2 rings (SSSR count). The number of aliphatic imine (C=N–C) groups is 1. The van der Waals surface area contributed by atoms with Crippen LogP contribution in [0.5, 0.6) is 0 Å². The van der Waals surface area contributed by atoms with E-state index in [9.17, 15) is 0 Å². The lowest BCUT2D eigenvalue weighted by atomic mass is 10.2. The molecule has 0 atom stereocenters. The van der Waals surface area contributed by atoms with Crippen molar-refractivity contribution in [2.75, 3.05) is 13.1 Å². The predicted octanol–water partition coefficient (Wildman–Crippen LogP) is 2.03. The SMILES string of the molecule is N#C/C=C/C1=NCCN1Cc1ccc(Cl)nc1. The summed E-state index contributed by atoms with van der Waals surface area (Å²) in [6.45, 7) is 2.37. The van der Waals surface area contributed by atoms with Gasteiger partial charge in [0, 0.05) is 25.4 Å². The third kappa shape index (κ3) is 3.05. The smallest absolute Gasteiger partial charge is 0.129 e. The van der Waals surface area contributed by atoms with E-state index in [1.165, 1.54) is 6.08 Å². The van der Waals surface area contributed by atoms with Crippen LogP contribution in [0.15, 0.2) is 35.5 Å². The highest BCUT2D eigenvalue weighted by molar-refractivity contribution is 6.29. The van der Waals surface area contributed by atoms with Crippen LogP contribution in [0.2, 0.25) is 5.15 Å². The van der Waals surface area contributed by atoms with Gasteiger partial charge in [-0.1, -0.05) is 17.7 Å². The number of amidine groups is 1. The largest absolute Gasteiger partial charge is 0.351 e. The van der Waals surface area contributed by atoms with Crippen LogP contribution in [0.3, 0.4) is 0 Å². The molecular weight excluding hydrogens is 236 g/mol. The molecule has 1 aliphatic rings. The maximum absolute atomic E-state index is 8.50. The van der Waals surface area contributed by atoms with E-state index in [-0.39, 0.29) is 0 Å². The maximum Gasteiger partial charge on any atom is 0.129 e. The molecule has 0 radical (unpaired) electrons. The fourth-order valence-electron chi connectivity index (χ4n) is 1.65. The van der Waals surface area contributed by atoms with Crippen molar-refractivity contribution in [2.24, 2.45) is 4.99 Å². The molecule has 5 heteroatoms. The minimum absolute atomic E-state index is 0.494. The van der Waals surface area contributed by atoms with Crippen LogP contribution in [0.25, 0.3) is 0 Å². The van der Waals surface area contributed by atoms with Crippen molar-refractivity contribution >= 4 is 17.4 Å². The monoisotopic (exact) mass is 246 g/mol. The Kier molecular flexibility index (Phi) is 3.73. The Morgan fingerprint density at radius 3 is 3.12 bits per heavy atom. The van der Waals surface area contributed by atoms with E-state index in [2.05, 4.69) is 14.9 Å². The summed E-state index contributed by atoms with van der Waals surface area (Å²) < 4.78 is 0. The quantitative estimate of drug-likeness (QED) is 0.606. The van der Waals surface area contributed by atoms with Crippen molar-refractivity contribution in [1.82, 2.24) is 9.88 Å². The molecule has 86 valence electrons. The van der Waals surface area contributed by atoms with Crippen molar-refractivity contribution in [3.8, 4) is 6.07 Å². The lowest BCUT2D eigenvalue weighted by molar-refractivity contribution is 0.453. The van der Waals surface area contributed by atoms with Crippen molar-refractivity contribution in [1.29, 1.82) is 5.26 Å². The normalized spacial score (nSPS) is 15.1. The van der Waals surface area contributed by atoms with E-state index >= 15 is 0 Å². The number of halogens is 1. The summed E-state index contributed by atoms with van der Waals surface area (Å²) in [6, 6.07) is 5.69. The van der Waals surface area contributed by atoms with E-state index in [4.69, 9.17) is 16.9 Å². The number of hydrogen-bond acceptors (Lipinski definition) is 4. The summed E-state index contributed by atoms with van der Waals surface area (Å²) in [6.07, 6.45) is 4.93. The Bertz CT molecular complexity index is 484. The highest BCUT2D eigenvalue weighted by Gasteiger charge is 2.14. The lowest BCUT2D eigenvalue weighted by Crippen LogP contribution is -2.25. The first-order valence-electron chi connectivity index (χ1n) is 5.25. The second-order valence-electron chi connectivity index (χ2n) is 3.61. The molecule has 17 heavy (non-hydrogen) atoms. The van der Waals surface area contributed by atoms with E-state index in [0.29, 0.717) is 5.15 Å². The van der Waals surface area contributed by atoms with Gasteiger partial charge in [0.25, 0.3) is 0 Å². The first-order valence-corrected chi connectivity index (χ1v) is 5.63. The predicted molar refractivity (Wildman–Crippen MR) is 66.7 cm³/mol. The number of hydrogen-bond donors (Lipinski definition) is 0. The van der Waals surface area contributed by atoms with E-state index < -0.39 is 0 Å². The number of aromatic nitrogens is 1. The Hall–Kier alpha value is -1.86. The second kappa shape index (κ2) is 5.46. The van der Waals surface area contributed by atoms with Crippen molar-refractivity contribution in [3.63, 3.8) is 0 Å². The number of pyridine rings is 1. The minimum Gasteiger partial charge on any atom is -0.351 e. The van der Waals surface area contributed by atoms with Gasteiger partial charge in [0.1, 0.15) is 11.0 Å². The van der Waals surface area contributed by atoms with Gasteiger partial charge in [0.05, 0.1) is 12.6 Å². The number of rotatable bonds is 3. The van der Waals surface area contributed by atoms with Crippen molar-refractivity contribution < 1.29 is 0 Å². The summed E-state index contributed by atoms with van der Waals surface area (Å²) in [5, 5.41) is 8.99. The molecule has 0 fully saturated rings. The minimum atomic E-state index is 0.494. The molecule has 0 aliphatic carbocycles. The van der Waals surface area contributed by atoms with Gasteiger partial charge in [-0.2, -0.15) is 5.26 Å². The Morgan fingerprint density at radius 1 is 1.53 bits per heavy atom. The van der Waals surface area contributed by atoms with Crippen LogP contribution in [0.1, 0.15) is 5.56 Å². The molecule has 1 aromatic rings. The van der Waals surface area contributed by atoms with Crippen LogP contribution in [0, 0.1) is 11.3 Å². The third-order valence-corrected chi connectivity index (χ3v) is 2.66.